The van der Waals surface area contributed by atoms with Crippen LogP contribution in [0.4, 0.5) is 0 Å². The topological polar surface area (TPSA) is 52.3 Å². The maximum atomic E-state index is 12.2. The molecule has 98 valence electrons. The highest BCUT2D eigenvalue weighted by molar-refractivity contribution is 5.77. The minimum absolute atomic E-state index is 0.117. The Balaban J connectivity index is 1.94. The molecule has 1 aromatic carbocycles. The van der Waals surface area contributed by atoms with Crippen molar-refractivity contribution in [1.82, 2.24) is 0 Å². The highest BCUT2D eigenvalue weighted by Crippen LogP contribution is 2.36. The normalized spacial score (nSPS) is 18.3. The van der Waals surface area contributed by atoms with E-state index in [9.17, 15) is 4.79 Å². The van der Waals surface area contributed by atoms with E-state index in [-0.39, 0.29) is 5.97 Å². The summed E-state index contributed by atoms with van der Waals surface area (Å²) in [6.45, 7) is 0.752. The van der Waals surface area contributed by atoms with Crippen LogP contribution in [0.3, 0.4) is 0 Å². The van der Waals surface area contributed by atoms with E-state index in [2.05, 4.69) is 0 Å². The van der Waals surface area contributed by atoms with Gasteiger partial charge in [0.25, 0.3) is 0 Å². The van der Waals surface area contributed by atoms with Gasteiger partial charge < -0.3 is 10.5 Å². The fourth-order valence-electron chi connectivity index (χ4n) is 2.60. The molecule has 2 rings (SSSR count). The van der Waals surface area contributed by atoms with Crippen molar-refractivity contribution in [2.24, 2.45) is 11.1 Å². The summed E-state index contributed by atoms with van der Waals surface area (Å²) in [5.41, 5.74) is 6.41. The van der Waals surface area contributed by atoms with E-state index in [1.54, 1.807) is 0 Å². The first-order chi connectivity index (χ1) is 8.77. The van der Waals surface area contributed by atoms with E-state index in [1.165, 1.54) is 6.42 Å². The fourth-order valence-corrected chi connectivity index (χ4v) is 2.60. The van der Waals surface area contributed by atoms with Crippen LogP contribution in [0, 0.1) is 5.41 Å². The number of carbonyl (C=O) groups excluding carboxylic acids is 1. The average molecular weight is 247 g/mol. The molecule has 0 aliphatic heterocycles. The Kier molecular flexibility index (Phi) is 4.37. The monoisotopic (exact) mass is 247 g/mol. The molecular formula is C15H21NO2. The number of benzene rings is 1. The third-order valence-corrected chi connectivity index (χ3v) is 3.85. The fraction of sp³-hybridized carbons (Fsp3) is 0.533. The number of ether oxygens (including phenoxy) is 1. The molecule has 1 aromatic rings. The van der Waals surface area contributed by atoms with Crippen LogP contribution in [0.25, 0.3) is 0 Å². The first kappa shape index (κ1) is 13.1. The average Bonchev–Trinajstić information content (AvgIpc) is 2.46. The Labute approximate surface area is 108 Å². The molecule has 0 saturated heterocycles. The lowest BCUT2D eigenvalue weighted by Gasteiger charge is -2.33. The van der Waals surface area contributed by atoms with Crippen molar-refractivity contribution in [2.75, 3.05) is 6.54 Å². The van der Waals surface area contributed by atoms with Crippen LogP contribution >= 0.6 is 0 Å². The third-order valence-electron chi connectivity index (χ3n) is 3.85. The van der Waals surface area contributed by atoms with Gasteiger partial charge in [-0.05, 0) is 18.4 Å². The minimum atomic E-state index is -0.424. The van der Waals surface area contributed by atoms with Gasteiger partial charge in [0, 0.05) is 6.54 Å². The van der Waals surface area contributed by atoms with Gasteiger partial charge in [0.2, 0.25) is 0 Å². The van der Waals surface area contributed by atoms with E-state index in [4.69, 9.17) is 10.5 Å². The van der Waals surface area contributed by atoms with Crippen molar-refractivity contribution >= 4 is 5.97 Å². The van der Waals surface area contributed by atoms with Crippen molar-refractivity contribution in [3.8, 4) is 0 Å². The van der Waals surface area contributed by atoms with Gasteiger partial charge in [0.05, 0.1) is 5.41 Å². The molecule has 0 aromatic heterocycles. The van der Waals surface area contributed by atoms with Crippen LogP contribution in [0.15, 0.2) is 30.3 Å². The highest BCUT2D eigenvalue weighted by atomic mass is 16.5. The molecule has 0 spiro atoms. The third kappa shape index (κ3) is 2.91. The Morgan fingerprint density at radius 3 is 2.44 bits per heavy atom. The van der Waals surface area contributed by atoms with Crippen molar-refractivity contribution in [3.05, 3.63) is 35.9 Å². The number of hydrogen-bond donors (Lipinski definition) is 1. The Hall–Kier alpha value is -1.35. The van der Waals surface area contributed by atoms with E-state index in [0.717, 1.165) is 31.2 Å². The van der Waals surface area contributed by atoms with Crippen molar-refractivity contribution < 1.29 is 9.53 Å². The van der Waals surface area contributed by atoms with Crippen LogP contribution in [0.2, 0.25) is 0 Å². The molecule has 0 bridgehead atoms. The minimum Gasteiger partial charge on any atom is -0.460 e. The van der Waals surface area contributed by atoms with E-state index in [1.807, 2.05) is 30.3 Å². The lowest BCUT2D eigenvalue weighted by atomic mass is 9.74. The zero-order valence-electron chi connectivity index (χ0n) is 10.7. The van der Waals surface area contributed by atoms with Gasteiger partial charge in [0.15, 0.2) is 0 Å². The van der Waals surface area contributed by atoms with Crippen LogP contribution < -0.4 is 5.73 Å². The molecule has 0 amide bonds. The smallest absolute Gasteiger partial charge is 0.313 e. The number of nitrogens with two attached hydrogens (primary N) is 1. The Bertz CT molecular complexity index is 383. The molecule has 3 nitrogen and oxygen atoms in total. The summed E-state index contributed by atoms with van der Waals surface area (Å²) < 4.78 is 5.44. The zero-order valence-corrected chi connectivity index (χ0v) is 10.7. The molecule has 18 heavy (non-hydrogen) atoms. The summed E-state index contributed by atoms with van der Waals surface area (Å²) >= 11 is 0. The van der Waals surface area contributed by atoms with Gasteiger partial charge in [-0.25, -0.2) is 0 Å². The molecule has 1 aliphatic rings. The Morgan fingerprint density at radius 1 is 1.17 bits per heavy atom. The summed E-state index contributed by atoms with van der Waals surface area (Å²) in [7, 11) is 0. The highest BCUT2D eigenvalue weighted by Gasteiger charge is 2.39. The van der Waals surface area contributed by atoms with Crippen molar-refractivity contribution in [3.63, 3.8) is 0 Å². The SMILES string of the molecule is NCC1(C(=O)OCc2ccccc2)CCCCC1. The number of rotatable bonds is 4. The Morgan fingerprint density at radius 2 is 1.83 bits per heavy atom. The maximum Gasteiger partial charge on any atom is 0.313 e. The van der Waals surface area contributed by atoms with Crippen LogP contribution in [-0.2, 0) is 16.1 Å². The number of esters is 1. The van der Waals surface area contributed by atoms with Crippen LogP contribution in [0.1, 0.15) is 37.7 Å². The summed E-state index contributed by atoms with van der Waals surface area (Å²) in [5.74, 6) is -0.117. The molecule has 0 unspecified atom stereocenters. The largest absolute Gasteiger partial charge is 0.460 e. The summed E-state index contributed by atoms with van der Waals surface area (Å²) in [6.07, 6.45) is 5.11. The van der Waals surface area contributed by atoms with Gasteiger partial charge >= 0.3 is 5.97 Å². The van der Waals surface area contributed by atoms with Crippen LogP contribution in [-0.4, -0.2) is 12.5 Å². The summed E-state index contributed by atoms with van der Waals surface area (Å²) in [6, 6.07) is 9.77. The zero-order chi connectivity index (χ0) is 12.8. The van der Waals surface area contributed by atoms with Crippen LogP contribution in [0.5, 0.6) is 0 Å². The molecule has 0 heterocycles. The second-order valence-corrected chi connectivity index (χ2v) is 5.11. The lowest BCUT2D eigenvalue weighted by Crippen LogP contribution is -2.41. The standard InChI is InChI=1S/C15H21NO2/c16-12-15(9-5-2-6-10-15)14(17)18-11-13-7-3-1-4-8-13/h1,3-4,7-8H,2,5-6,9-12,16H2. The second kappa shape index (κ2) is 6.01. The quantitative estimate of drug-likeness (QED) is 0.832. The van der Waals surface area contributed by atoms with Gasteiger partial charge in [-0.2, -0.15) is 0 Å². The van der Waals surface area contributed by atoms with E-state index >= 15 is 0 Å². The molecule has 1 aliphatic carbocycles. The molecule has 1 saturated carbocycles. The van der Waals surface area contributed by atoms with Crippen molar-refractivity contribution in [2.45, 2.75) is 38.7 Å². The molecule has 0 radical (unpaired) electrons. The maximum absolute atomic E-state index is 12.2. The predicted molar refractivity (Wildman–Crippen MR) is 70.8 cm³/mol. The van der Waals surface area contributed by atoms with Gasteiger partial charge in [0.1, 0.15) is 6.61 Å². The van der Waals surface area contributed by atoms with E-state index < -0.39 is 5.41 Å². The van der Waals surface area contributed by atoms with Gasteiger partial charge in [-0.3, -0.25) is 4.79 Å². The number of carbonyl (C=O) groups is 1. The van der Waals surface area contributed by atoms with E-state index in [0.29, 0.717) is 13.2 Å². The molecular weight excluding hydrogens is 226 g/mol. The molecule has 2 N–H and O–H groups in total. The first-order valence-electron chi connectivity index (χ1n) is 6.68. The first-order valence-corrected chi connectivity index (χ1v) is 6.68. The summed E-state index contributed by atoms with van der Waals surface area (Å²) in [4.78, 5) is 12.2. The lowest BCUT2D eigenvalue weighted by molar-refractivity contribution is -0.158. The van der Waals surface area contributed by atoms with Gasteiger partial charge in [-0.15, -0.1) is 0 Å². The number of hydrogen-bond acceptors (Lipinski definition) is 3. The predicted octanol–water partition coefficient (Wildman–Crippen LogP) is 2.64. The molecule has 0 atom stereocenters. The summed E-state index contributed by atoms with van der Waals surface area (Å²) in [5, 5.41) is 0. The second-order valence-electron chi connectivity index (χ2n) is 5.11. The molecule has 1 fully saturated rings. The van der Waals surface area contributed by atoms with Crippen molar-refractivity contribution in [1.29, 1.82) is 0 Å². The van der Waals surface area contributed by atoms with Gasteiger partial charge in [-0.1, -0.05) is 49.6 Å². The molecule has 3 heteroatoms.